The van der Waals surface area contributed by atoms with Crippen LogP contribution < -0.4 is 0 Å². The van der Waals surface area contributed by atoms with E-state index >= 15 is 0 Å². The molecular formula is C9H24AlO2P. The van der Waals surface area contributed by atoms with E-state index in [1.54, 1.807) is 6.66 Å². The van der Waals surface area contributed by atoms with Gasteiger partial charge in [-0.1, -0.05) is 33.1 Å². The molecule has 13 heavy (non-hydrogen) atoms. The van der Waals surface area contributed by atoms with E-state index in [4.69, 9.17) is 4.52 Å². The Balaban J connectivity index is 0. The minimum atomic E-state index is -1.69. The Bertz CT molecular complexity index is 129. The molecule has 0 aliphatic carbocycles. The molecule has 0 bridgehead atoms. The summed E-state index contributed by atoms with van der Waals surface area (Å²) in [6.07, 6.45) is 4.82. The van der Waals surface area contributed by atoms with Crippen LogP contribution in [0, 0.1) is 5.92 Å². The molecule has 80 valence electrons. The summed E-state index contributed by atoms with van der Waals surface area (Å²) in [4.78, 5) is 0. The molecule has 0 saturated heterocycles. The van der Waals surface area contributed by atoms with Crippen LogP contribution in [0.25, 0.3) is 0 Å². The molecule has 0 aromatic carbocycles. The molecule has 4 heteroatoms. The highest BCUT2D eigenvalue weighted by Gasteiger charge is 1.94. The molecule has 1 atom stereocenters. The number of rotatable bonds is 7. The van der Waals surface area contributed by atoms with Crippen molar-refractivity contribution in [2.24, 2.45) is 5.92 Å². The summed E-state index contributed by atoms with van der Waals surface area (Å²) in [6, 6.07) is 0. The van der Waals surface area contributed by atoms with Crippen LogP contribution >= 0.6 is 8.03 Å². The molecule has 0 amide bonds. The minimum absolute atomic E-state index is 0. The standard InChI is InChI=1S/C9H21O2P.Al.3H/c1-9(2)7-5-4-6-8-11-12(3)10;;;;/h9,12H,4-8H2,1-3H3;;;;. The zero-order chi connectivity index (χ0) is 9.40. The lowest BCUT2D eigenvalue weighted by Gasteiger charge is -2.03. The molecule has 0 spiro atoms. The number of hydrogen-bond donors (Lipinski definition) is 0. The Labute approximate surface area is 93.4 Å². The maximum absolute atomic E-state index is 10.5. The second-order valence-electron chi connectivity index (χ2n) is 3.58. The monoisotopic (exact) mass is 222 g/mol. The van der Waals surface area contributed by atoms with Crippen molar-refractivity contribution in [3.8, 4) is 0 Å². The highest BCUT2D eigenvalue weighted by molar-refractivity contribution is 7.38. The van der Waals surface area contributed by atoms with Crippen LogP contribution in [0.5, 0.6) is 0 Å². The van der Waals surface area contributed by atoms with Gasteiger partial charge in [0.2, 0.25) is 0 Å². The van der Waals surface area contributed by atoms with Gasteiger partial charge >= 0.3 is 0 Å². The van der Waals surface area contributed by atoms with E-state index in [1.165, 1.54) is 19.3 Å². The highest BCUT2D eigenvalue weighted by Crippen LogP contribution is 2.16. The highest BCUT2D eigenvalue weighted by atomic mass is 31.1. The average molecular weight is 222 g/mol. The molecule has 2 nitrogen and oxygen atoms in total. The molecule has 0 aliphatic heterocycles. The zero-order valence-corrected chi connectivity index (χ0v) is 9.43. The van der Waals surface area contributed by atoms with E-state index in [2.05, 4.69) is 13.8 Å². The van der Waals surface area contributed by atoms with Crippen LogP contribution in [0.15, 0.2) is 0 Å². The first-order valence-electron chi connectivity index (χ1n) is 4.76. The fourth-order valence-electron chi connectivity index (χ4n) is 1.05. The van der Waals surface area contributed by atoms with Crippen LogP contribution in [0.1, 0.15) is 39.5 Å². The van der Waals surface area contributed by atoms with Crippen LogP contribution in [-0.4, -0.2) is 30.6 Å². The third kappa shape index (κ3) is 15.5. The summed E-state index contributed by atoms with van der Waals surface area (Å²) in [5, 5.41) is 0. The average Bonchev–Trinajstić information content (AvgIpc) is 1.95. The van der Waals surface area contributed by atoms with Crippen molar-refractivity contribution in [1.82, 2.24) is 0 Å². The van der Waals surface area contributed by atoms with E-state index in [0.29, 0.717) is 6.61 Å². The van der Waals surface area contributed by atoms with Crippen molar-refractivity contribution >= 4 is 25.4 Å². The molecular weight excluding hydrogens is 198 g/mol. The van der Waals surface area contributed by atoms with Gasteiger partial charge in [-0.2, -0.15) is 0 Å². The Kier molecular flexibility index (Phi) is 13.4. The molecule has 0 fully saturated rings. The topological polar surface area (TPSA) is 26.3 Å². The first-order chi connectivity index (χ1) is 5.63. The van der Waals surface area contributed by atoms with Crippen molar-refractivity contribution in [1.29, 1.82) is 0 Å². The molecule has 0 aromatic rings. The molecule has 0 aliphatic rings. The first-order valence-corrected chi connectivity index (χ1v) is 6.58. The normalized spacial score (nSPS) is 12.6. The van der Waals surface area contributed by atoms with Gasteiger partial charge in [0.05, 0.1) is 6.61 Å². The summed E-state index contributed by atoms with van der Waals surface area (Å²) in [5.74, 6) is 0.802. The van der Waals surface area contributed by atoms with Crippen molar-refractivity contribution in [2.45, 2.75) is 39.5 Å². The minimum Gasteiger partial charge on any atom is -0.331 e. The number of unbranched alkanes of at least 4 members (excludes halogenated alkanes) is 2. The molecule has 0 rings (SSSR count). The van der Waals surface area contributed by atoms with Crippen molar-refractivity contribution in [3.05, 3.63) is 0 Å². The third-order valence-corrected chi connectivity index (χ3v) is 2.34. The van der Waals surface area contributed by atoms with Gasteiger partial charge in [-0.15, -0.1) is 0 Å². The van der Waals surface area contributed by atoms with E-state index in [1.807, 2.05) is 0 Å². The molecule has 0 N–H and O–H groups in total. The van der Waals surface area contributed by atoms with E-state index in [-0.39, 0.29) is 17.4 Å². The van der Waals surface area contributed by atoms with Gasteiger partial charge in [0, 0.05) is 6.66 Å². The molecule has 0 saturated carbocycles. The Hall–Kier alpha value is 0.722. The largest absolute Gasteiger partial charge is 0.331 e. The predicted octanol–water partition coefficient (Wildman–Crippen LogP) is 2.14. The smallest absolute Gasteiger partial charge is 0.188 e. The van der Waals surface area contributed by atoms with Crippen molar-refractivity contribution in [2.75, 3.05) is 13.3 Å². The zero-order valence-electron chi connectivity index (χ0n) is 8.43. The lowest BCUT2D eigenvalue weighted by atomic mass is 10.1. The molecule has 0 radical (unpaired) electrons. The second-order valence-corrected chi connectivity index (χ2v) is 4.86. The quantitative estimate of drug-likeness (QED) is 0.375. The van der Waals surface area contributed by atoms with Gasteiger partial charge in [-0.25, -0.2) is 0 Å². The molecule has 1 unspecified atom stereocenters. The number of hydrogen-bond acceptors (Lipinski definition) is 2. The van der Waals surface area contributed by atoms with E-state index in [9.17, 15) is 4.57 Å². The van der Waals surface area contributed by atoms with E-state index in [0.717, 1.165) is 12.3 Å². The van der Waals surface area contributed by atoms with Crippen molar-refractivity contribution < 1.29 is 9.09 Å². The Morgan fingerprint density at radius 3 is 2.31 bits per heavy atom. The van der Waals surface area contributed by atoms with Gasteiger partial charge < -0.3 is 4.52 Å². The summed E-state index contributed by atoms with van der Waals surface area (Å²) in [6.45, 7) is 6.79. The lowest BCUT2D eigenvalue weighted by molar-refractivity contribution is 0.317. The maximum atomic E-state index is 10.5. The van der Waals surface area contributed by atoms with Crippen molar-refractivity contribution in [3.63, 3.8) is 0 Å². The second kappa shape index (κ2) is 10.8. The van der Waals surface area contributed by atoms with Gasteiger partial charge in [0.25, 0.3) is 0 Å². The van der Waals surface area contributed by atoms with Gasteiger partial charge in [0.15, 0.2) is 25.4 Å². The summed E-state index contributed by atoms with van der Waals surface area (Å²) in [7, 11) is -1.69. The fourth-order valence-corrected chi connectivity index (χ4v) is 1.48. The van der Waals surface area contributed by atoms with Crippen LogP contribution in [0.4, 0.5) is 0 Å². The SMILES string of the molecule is CC(C)CCCCCO[PH](C)=O.[AlH3]. The maximum Gasteiger partial charge on any atom is 0.188 e. The van der Waals surface area contributed by atoms with Gasteiger partial charge in [0.1, 0.15) is 0 Å². The fraction of sp³-hybridized carbons (Fsp3) is 1.00. The first kappa shape index (κ1) is 16.2. The van der Waals surface area contributed by atoms with Gasteiger partial charge in [-0.05, 0) is 12.3 Å². The predicted molar refractivity (Wildman–Crippen MR) is 64.1 cm³/mol. The Morgan fingerprint density at radius 1 is 1.23 bits per heavy atom. The van der Waals surface area contributed by atoms with Crippen LogP contribution in [-0.2, 0) is 9.09 Å². The Morgan fingerprint density at radius 2 is 1.85 bits per heavy atom. The third-order valence-electron chi connectivity index (χ3n) is 1.73. The lowest BCUT2D eigenvalue weighted by Crippen LogP contribution is -1.90. The summed E-state index contributed by atoms with van der Waals surface area (Å²) < 4.78 is 15.5. The summed E-state index contributed by atoms with van der Waals surface area (Å²) in [5.41, 5.74) is 0. The van der Waals surface area contributed by atoms with Gasteiger partial charge in [-0.3, -0.25) is 4.57 Å². The summed E-state index contributed by atoms with van der Waals surface area (Å²) >= 11 is 0. The van der Waals surface area contributed by atoms with Crippen LogP contribution in [0.2, 0.25) is 0 Å². The molecule has 0 aromatic heterocycles. The van der Waals surface area contributed by atoms with E-state index < -0.39 is 8.03 Å². The van der Waals surface area contributed by atoms with Crippen LogP contribution in [0.3, 0.4) is 0 Å². The molecule has 0 heterocycles.